The number of nitrogens with one attached hydrogen (secondary N) is 2. The third kappa shape index (κ3) is 6.12. The summed E-state index contributed by atoms with van der Waals surface area (Å²) in [6.45, 7) is 4.76. The lowest BCUT2D eigenvalue weighted by atomic mass is 10.3. The first-order valence-corrected chi connectivity index (χ1v) is 6.33. The molecule has 1 heterocycles. The van der Waals surface area contributed by atoms with Crippen molar-refractivity contribution >= 4 is 11.6 Å². The average molecular weight is 237 g/mol. The molecule has 1 aromatic rings. The van der Waals surface area contributed by atoms with Crippen LogP contribution in [0.5, 0.6) is 0 Å². The van der Waals surface area contributed by atoms with Crippen molar-refractivity contribution in [1.29, 1.82) is 0 Å². The molecular formula is C13H23N3O. The van der Waals surface area contributed by atoms with Crippen molar-refractivity contribution in [3.05, 3.63) is 18.2 Å². The van der Waals surface area contributed by atoms with E-state index < -0.39 is 0 Å². The second-order valence-corrected chi connectivity index (χ2v) is 3.90. The van der Waals surface area contributed by atoms with Gasteiger partial charge >= 0.3 is 0 Å². The van der Waals surface area contributed by atoms with Crippen LogP contribution in [0.4, 0.5) is 11.6 Å². The summed E-state index contributed by atoms with van der Waals surface area (Å²) >= 11 is 0. The monoisotopic (exact) mass is 237 g/mol. The number of anilines is 2. The van der Waals surface area contributed by atoms with Gasteiger partial charge < -0.3 is 15.4 Å². The van der Waals surface area contributed by atoms with Crippen LogP contribution in [0.25, 0.3) is 0 Å². The molecular weight excluding hydrogens is 214 g/mol. The minimum Gasteiger partial charge on any atom is -0.381 e. The Labute approximate surface area is 104 Å². The van der Waals surface area contributed by atoms with Crippen LogP contribution in [0, 0.1) is 0 Å². The minimum atomic E-state index is 0.818. The van der Waals surface area contributed by atoms with Gasteiger partial charge in [-0.3, -0.25) is 0 Å². The third-order valence-electron chi connectivity index (χ3n) is 2.42. The molecule has 2 N–H and O–H groups in total. The molecule has 0 aliphatic heterocycles. The highest BCUT2D eigenvalue weighted by molar-refractivity contribution is 5.44. The van der Waals surface area contributed by atoms with Crippen molar-refractivity contribution in [2.45, 2.75) is 26.2 Å². The van der Waals surface area contributed by atoms with Gasteiger partial charge in [-0.25, -0.2) is 4.98 Å². The van der Waals surface area contributed by atoms with Crippen molar-refractivity contribution in [2.24, 2.45) is 0 Å². The minimum absolute atomic E-state index is 0.818. The molecule has 0 spiro atoms. The number of hydrogen-bond acceptors (Lipinski definition) is 4. The van der Waals surface area contributed by atoms with Crippen LogP contribution < -0.4 is 10.6 Å². The SMILES string of the molecule is CCCCOCCCNc1cccc(NC)n1. The summed E-state index contributed by atoms with van der Waals surface area (Å²) in [7, 11) is 1.87. The molecule has 1 aromatic heterocycles. The van der Waals surface area contributed by atoms with Gasteiger partial charge in [-0.1, -0.05) is 19.4 Å². The van der Waals surface area contributed by atoms with E-state index in [9.17, 15) is 0 Å². The third-order valence-corrected chi connectivity index (χ3v) is 2.42. The standard InChI is InChI=1S/C13H23N3O/c1-3-4-10-17-11-6-9-15-13-8-5-7-12(14-2)16-13/h5,7-8H,3-4,6,9-11H2,1-2H3,(H2,14,15,16). The molecule has 0 amide bonds. The largest absolute Gasteiger partial charge is 0.381 e. The Bertz CT molecular complexity index is 304. The lowest BCUT2D eigenvalue weighted by molar-refractivity contribution is 0.131. The second kappa shape index (κ2) is 8.82. The Kier molecular flexibility index (Phi) is 7.14. The summed E-state index contributed by atoms with van der Waals surface area (Å²) in [4.78, 5) is 4.38. The molecule has 0 bridgehead atoms. The average Bonchev–Trinajstić information content (AvgIpc) is 2.38. The van der Waals surface area contributed by atoms with E-state index in [1.165, 1.54) is 6.42 Å². The summed E-state index contributed by atoms with van der Waals surface area (Å²) in [5, 5.41) is 6.30. The highest BCUT2D eigenvalue weighted by Gasteiger charge is 1.95. The highest BCUT2D eigenvalue weighted by Crippen LogP contribution is 2.07. The van der Waals surface area contributed by atoms with Crippen LogP contribution in [0.3, 0.4) is 0 Å². The van der Waals surface area contributed by atoms with Crippen molar-refractivity contribution < 1.29 is 4.74 Å². The highest BCUT2D eigenvalue weighted by atomic mass is 16.5. The predicted molar refractivity (Wildman–Crippen MR) is 72.6 cm³/mol. The molecule has 4 heteroatoms. The molecule has 4 nitrogen and oxygen atoms in total. The van der Waals surface area contributed by atoms with E-state index in [0.29, 0.717) is 0 Å². The van der Waals surface area contributed by atoms with Gasteiger partial charge in [-0.15, -0.1) is 0 Å². The predicted octanol–water partition coefficient (Wildman–Crippen LogP) is 2.74. The number of ether oxygens (including phenoxy) is 1. The molecule has 0 saturated heterocycles. The maximum atomic E-state index is 5.48. The quantitative estimate of drug-likeness (QED) is 0.648. The van der Waals surface area contributed by atoms with Crippen molar-refractivity contribution in [3.63, 3.8) is 0 Å². The van der Waals surface area contributed by atoms with Gasteiger partial charge in [0.2, 0.25) is 0 Å². The first-order valence-electron chi connectivity index (χ1n) is 6.33. The number of hydrogen-bond donors (Lipinski definition) is 2. The topological polar surface area (TPSA) is 46.2 Å². The molecule has 0 unspecified atom stereocenters. The van der Waals surface area contributed by atoms with Crippen LogP contribution in [0.1, 0.15) is 26.2 Å². The van der Waals surface area contributed by atoms with Gasteiger partial charge in [0, 0.05) is 26.8 Å². The number of unbranched alkanes of at least 4 members (excludes halogenated alkanes) is 1. The Morgan fingerprint density at radius 3 is 2.71 bits per heavy atom. The molecule has 0 saturated carbocycles. The normalized spacial score (nSPS) is 10.2. The Hall–Kier alpha value is -1.29. The smallest absolute Gasteiger partial charge is 0.128 e. The van der Waals surface area contributed by atoms with Crippen LogP contribution in [-0.2, 0) is 4.74 Å². The van der Waals surface area contributed by atoms with Gasteiger partial charge in [-0.2, -0.15) is 0 Å². The van der Waals surface area contributed by atoms with Gasteiger partial charge in [-0.05, 0) is 25.0 Å². The lowest BCUT2D eigenvalue weighted by Crippen LogP contribution is -2.07. The molecule has 0 aromatic carbocycles. The molecule has 0 fully saturated rings. The fraction of sp³-hybridized carbons (Fsp3) is 0.615. The van der Waals surface area contributed by atoms with E-state index in [-0.39, 0.29) is 0 Å². The number of nitrogens with zero attached hydrogens (tertiary/aromatic N) is 1. The maximum absolute atomic E-state index is 5.48. The second-order valence-electron chi connectivity index (χ2n) is 3.90. The van der Waals surface area contributed by atoms with Crippen LogP contribution in [-0.4, -0.2) is 31.8 Å². The first kappa shape index (κ1) is 13.8. The number of aromatic nitrogens is 1. The van der Waals surface area contributed by atoms with Crippen molar-refractivity contribution in [3.8, 4) is 0 Å². The molecule has 1 rings (SSSR count). The molecule has 17 heavy (non-hydrogen) atoms. The number of pyridine rings is 1. The zero-order valence-corrected chi connectivity index (χ0v) is 10.8. The summed E-state index contributed by atoms with van der Waals surface area (Å²) in [6.07, 6.45) is 3.35. The zero-order valence-electron chi connectivity index (χ0n) is 10.8. The van der Waals surface area contributed by atoms with Crippen LogP contribution in [0.15, 0.2) is 18.2 Å². The number of rotatable bonds is 9. The molecule has 0 aliphatic rings. The first-order chi connectivity index (χ1) is 8.36. The fourth-order valence-corrected chi connectivity index (χ4v) is 1.41. The lowest BCUT2D eigenvalue weighted by Gasteiger charge is -2.07. The van der Waals surface area contributed by atoms with Gasteiger partial charge in [0.1, 0.15) is 11.6 Å². The molecule has 0 aliphatic carbocycles. The summed E-state index contributed by atoms with van der Waals surface area (Å²) in [5.41, 5.74) is 0. The van der Waals surface area contributed by atoms with E-state index in [4.69, 9.17) is 4.74 Å². The zero-order chi connectivity index (χ0) is 12.3. The Balaban J connectivity index is 2.09. The summed E-state index contributed by atoms with van der Waals surface area (Å²) in [6, 6.07) is 5.90. The molecule has 0 atom stereocenters. The fourth-order valence-electron chi connectivity index (χ4n) is 1.41. The van der Waals surface area contributed by atoms with E-state index in [0.717, 1.165) is 44.2 Å². The maximum Gasteiger partial charge on any atom is 0.128 e. The van der Waals surface area contributed by atoms with E-state index in [1.807, 2.05) is 25.2 Å². The van der Waals surface area contributed by atoms with E-state index in [2.05, 4.69) is 22.5 Å². The Morgan fingerprint density at radius 2 is 1.94 bits per heavy atom. The summed E-state index contributed by atoms with van der Waals surface area (Å²) < 4.78 is 5.48. The Morgan fingerprint density at radius 1 is 1.18 bits per heavy atom. The van der Waals surface area contributed by atoms with Crippen molar-refractivity contribution in [1.82, 2.24) is 4.98 Å². The van der Waals surface area contributed by atoms with Gasteiger partial charge in [0.15, 0.2) is 0 Å². The van der Waals surface area contributed by atoms with Crippen LogP contribution in [0.2, 0.25) is 0 Å². The molecule has 96 valence electrons. The van der Waals surface area contributed by atoms with E-state index >= 15 is 0 Å². The van der Waals surface area contributed by atoms with E-state index in [1.54, 1.807) is 0 Å². The summed E-state index contributed by atoms with van der Waals surface area (Å²) in [5.74, 6) is 1.79. The van der Waals surface area contributed by atoms with Gasteiger partial charge in [0.05, 0.1) is 0 Å². The molecule has 0 radical (unpaired) electrons. The van der Waals surface area contributed by atoms with Crippen LogP contribution >= 0.6 is 0 Å². The van der Waals surface area contributed by atoms with Gasteiger partial charge in [0.25, 0.3) is 0 Å². The van der Waals surface area contributed by atoms with Crippen molar-refractivity contribution in [2.75, 3.05) is 37.4 Å².